The molecule has 0 amide bonds. The summed E-state index contributed by atoms with van der Waals surface area (Å²) >= 11 is 7.53. The molecular weight excluding hydrogens is 491 g/mol. The van der Waals surface area contributed by atoms with Gasteiger partial charge in [-0.2, -0.15) is 0 Å². The standard InChI is InChI=1S/C29H30ClFN4S/c1-3-19-15-20(16-21-17-32-29(34-28(19)21)33-22-9-5-4-6-10-22)23-13-14-25(27(31)18(23)2)35-36-26-12-8-7-11-24(26)30/h7-8,11-17,22,35H,3-6,9-10H2,1-2H3,(H,32,33,34). The summed E-state index contributed by atoms with van der Waals surface area (Å²) < 4.78 is 18.5. The number of fused-ring (bicyclic) bond motifs is 1. The Kier molecular flexibility index (Phi) is 7.63. The molecule has 0 aliphatic heterocycles. The monoisotopic (exact) mass is 520 g/mol. The van der Waals surface area contributed by atoms with Gasteiger partial charge in [-0.3, -0.25) is 0 Å². The first kappa shape index (κ1) is 24.8. The molecule has 3 aromatic carbocycles. The number of nitrogens with zero attached hydrogens (tertiary/aromatic N) is 2. The van der Waals surface area contributed by atoms with Crippen molar-refractivity contribution in [2.24, 2.45) is 0 Å². The molecule has 0 spiro atoms. The van der Waals surface area contributed by atoms with E-state index in [0.717, 1.165) is 38.9 Å². The average Bonchev–Trinajstić information content (AvgIpc) is 2.90. The molecule has 4 nitrogen and oxygen atoms in total. The lowest BCUT2D eigenvalue weighted by Crippen LogP contribution is -2.23. The highest BCUT2D eigenvalue weighted by Gasteiger charge is 2.17. The molecule has 1 aliphatic carbocycles. The Bertz CT molecular complexity index is 1390. The van der Waals surface area contributed by atoms with Crippen LogP contribution in [0.3, 0.4) is 0 Å². The van der Waals surface area contributed by atoms with Crippen molar-refractivity contribution in [2.75, 3.05) is 10.0 Å². The van der Waals surface area contributed by atoms with Crippen LogP contribution in [0.25, 0.3) is 22.0 Å². The molecule has 36 heavy (non-hydrogen) atoms. The third kappa shape index (κ3) is 5.30. The van der Waals surface area contributed by atoms with Crippen LogP contribution in [0.15, 0.2) is 59.6 Å². The molecule has 4 aromatic rings. The van der Waals surface area contributed by atoms with Gasteiger partial charge in [0.2, 0.25) is 5.95 Å². The minimum Gasteiger partial charge on any atom is -0.351 e. The summed E-state index contributed by atoms with van der Waals surface area (Å²) in [5, 5.41) is 5.13. The second kappa shape index (κ2) is 11.1. The fourth-order valence-corrected chi connectivity index (χ4v) is 5.80. The van der Waals surface area contributed by atoms with Crippen LogP contribution >= 0.6 is 23.5 Å². The SMILES string of the molecule is CCc1cc(-c2ccc(NSc3ccccc3Cl)c(F)c2C)cc2cnc(NC3CCCCC3)nc12. The smallest absolute Gasteiger partial charge is 0.223 e. The zero-order valence-electron chi connectivity index (χ0n) is 20.6. The molecule has 1 saturated carbocycles. The second-order valence-corrected chi connectivity index (χ2v) is 10.6. The summed E-state index contributed by atoms with van der Waals surface area (Å²) in [7, 11) is 0. The van der Waals surface area contributed by atoms with Gasteiger partial charge in [-0.15, -0.1) is 0 Å². The zero-order valence-corrected chi connectivity index (χ0v) is 22.1. The van der Waals surface area contributed by atoms with Crippen LogP contribution in [0.4, 0.5) is 16.0 Å². The van der Waals surface area contributed by atoms with Gasteiger partial charge in [0.05, 0.1) is 16.2 Å². The molecule has 0 unspecified atom stereocenters. The summed E-state index contributed by atoms with van der Waals surface area (Å²) in [5.74, 6) is 0.430. The number of aryl methyl sites for hydroxylation is 1. The predicted octanol–water partition coefficient (Wildman–Crippen LogP) is 8.82. The third-order valence-electron chi connectivity index (χ3n) is 6.89. The highest BCUT2D eigenvalue weighted by Crippen LogP contribution is 2.35. The van der Waals surface area contributed by atoms with Gasteiger partial charge in [0, 0.05) is 22.5 Å². The molecule has 2 N–H and O–H groups in total. The van der Waals surface area contributed by atoms with Gasteiger partial charge in [-0.1, -0.05) is 56.0 Å². The number of anilines is 2. The van der Waals surface area contributed by atoms with Crippen LogP contribution in [-0.2, 0) is 6.42 Å². The Balaban J connectivity index is 1.42. The Morgan fingerprint density at radius 1 is 1.08 bits per heavy atom. The lowest BCUT2D eigenvalue weighted by Gasteiger charge is -2.23. The van der Waals surface area contributed by atoms with E-state index in [2.05, 4.69) is 34.1 Å². The van der Waals surface area contributed by atoms with Gasteiger partial charge in [-0.25, -0.2) is 14.4 Å². The number of rotatable bonds is 7. The van der Waals surface area contributed by atoms with E-state index in [1.54, 1.807) is 6.07 Å². The maximum Gasteiger partial charge on any atom is 0.223 e. The molecule has 1 heterocycles. The van der Waals surface area contributed by atoms with Crippen molar-refractivity contribution in [3.8, 4) is 11.1 Å². The van der Waals surface area contributed by atoms with Crippen LogP contribution < -0.4 is 10.0 Å². The van der Waals surface area contributed by atoms with Gasteiger partial charge in [0.25, 0.3) is 0 Å². The van der Waals surface area contributed by atoms with Crippen LogP contribution in [-0.4, -0.2) is 16.0 Å². The minimum atomic E-state index is -0.270. The van der Waals surface area contributed by atoms with Crippen molar-refractivity contribution in [2.45, 2.75) is 63.3 Å². The zero-order chi connectivity index (χ0) is 25.1. The van der Waals surface area contributed by atoms with E-state index in [4.69, 9.17) is 16.6 Å². The largest absolute Gasteiger partial charge is 0.351 e. The number of benzene rings is 3. The number of aromatic nitrogens is 2. The number of hydrogen-bond donors (Lipinski definition) is 2. The number of nitrogens with one attached hydrogen (secondary N) is 2. The first-order chi connectivity index (χ1) is 17.5. The molecule has 0 radical (unpaired) electrons. The average molecular weight is 521 g/mol. The molecule has 0 bridgehead atoms. The summed E-state index contributed by atoms with van der Waals surface area (Å²) in [6, 6.07) is 15.9. The first-order valence-corrected chi connectivity index (χ1v) is 13.8. The third-order valence-corrected chi connectivity index (χ3v) is 8.23. The molecule has 1 aromatic heterocycles. The molecule has 0 atom stereocenters. The fourth-order valence-electron chi connectivity index (χ4n) is 4.86. The molecule has 186 valence electrons. The maximum absolute atomic E-state index is 15.4. The van der Waals surface area contributed by atoms with E-state index in [0.29, 0.717) is 28.3 Å². The first-order valence-electron chi connectivity index (χ1n) is 12.6. The molecule has 1 aliphatic rings. The molecular formula is C29H30ClFN4S. The minimum absolute atomic E-state index is 0.270. The van der Waals surface area contributed by atoms with Crippen molar-refractivity contribution >= 4 is 46.1 Å². The Morgan fingerprint density at radius 2 is 1.89 bits per heavy atom. The Morgan fingerprint density at radius 3 is 2.67 bits per heavy atom. The Hall–Kier alpha value is -2.83. The van der Waals surface area contributed by atoms with E-state index >= 15 is 4.39 Å². The van der Waals surface area contributed by atoms with Crippen LogP contribution in [0.1, 0.15) is 50.2 Å². The van der Waals surface area contributed by atoms with Gasteiger partial charge >= 0.3 is 0 Å². The van der Waals surface area contributed by atoms with Crippen molar-refractivity contribution in [1.82, 2.24) is 9.97 Å². The van der Waals surface area contributed by atoms with Gasteiger partial charge in [0.15, 0.2) is 5.82 Å². The lowest BCUT2D eigenvalue weighted by molar-refractivity contribution is 0.461. The van der Waals surface area contributed by atoms with Gasteiger partial charge in [-0.05, 0) is 90.7 Å². The lowest BCUT2D eigenvalue weighted by atomic mass is 9.95. The summed E-state index contributed by atoms with van der Waals surface area (Å²) in [4.78, 5) is 10.3. The summed E-state index contributed by atoms with van der Waals surface area (Å²) in [5.41, 5.74) is 4.95. The highest BCUT2D eigenvalue weighted by atomic mass is 35.5. The van der Waals surface area contributed by atoms with E-state index in [-0.39, 0.29) is 5.82 Å². The second-order valence-electron chi connectivity index (χ2n) is 9.33. The van der Waals surface area contributed by atoms with Crippen molar-refractivity contribution < 1.29 is 4.39 Å². The Labute approximate surface area is 221 Å². The molecule has 7 heteroatoms. The highest BCUT2D eigenvalue weighted by molar-refractivity contribution is 8.00. The van der Waals surface area contributed by atoms with Crippen molar-refractivity contribution in [3.63, 3.8) is 0 Å². The van der Waals surface area contributed by atoms with Gasteiger partial charge < -0.3 is 10.0 Å². The van der Waals surface area contributed by atoms with Crippen molar-refractivity contribution in [3.05, 3.63) is 76.7 Å². The summed E-state index contributed by atoms with van der Waals surface area (Å²) in [6.45, 7) is 3.95. The van der Waals surface area contributed by atoms with E-state index in [9.17, 15) is 0 Å². The van der Waals surface area contributed by atoms with Gasteiger partial charge in [0.1, 0.15) is 0 Å². The quantitative estimate of drug-likeness (QED) is 0.238. The molecule has 5 rings (SSSR count). The van der Waals surface area contributed by atoms with Crippen molar-refractivity contribution in [1.29, 1.82) is 0 Å². The summed E-state index contributed by atoms with van der Waals surface area (Å²) in [6.07, 6.45) is 8.91. The normalized spacial score (nSPS) is 14.2. The van der Waals surface area contributed by atoms with E-state index in [1.807, 2.05) is 43.5 Å². The van der Waals surface area contributed by atoms with Crippen LogP contribution in [0.5, 0.6) is 0 Å². The fraction of sp³-hybridized carbons (Fsp3) is 0.310. The van der Waals surface area contributed by atoms with E-state index < -0.39 is 0 Å². The maximum atomic E-state index is 15.4. The number of halogens is 2. The predicted molar refractivity (Wildman–Crippen MR) is 150 cm³/mol. The van der Waals surface area contributed by atoms with Crippen LogP contribution in [0, 0.1) is 12.7 Å². The van der Waals surface area contributed by atoms with Crippen LogP contribution in [0.2, 0.25) is 5.02 Å². The molecule has 0 saturated heterocycles. The van der Waals surface area contributed by atoms with E-state index in [1.165, 1.54) is 44.1 Å². The molecule has 1 fully saturated rings. The topological polar surface area (TPSA) is 49.8 Å². The number of hydrogen-bond acceptors (Lipinski definition) is 5.